The number of nitrogens with zero attached hydrogens (tertiary/aromatic N) is 1. The van der Waals surface area contributed by atoms with Crippen LogP contribution < -0.4 is 10.1 Å². The van der Waals surface area contributed by atoms with Gasteiger partial charge in [-0.25, -0.2) is 4.98 Å². The first-order valence-electron chi connectivity index (χ1n) is 7.54. The van der Waals surface area contributed by atoms with Gasteiger partial charge in [0.05, 0.1) is 0 Å². The van der Waals surface area contributed by atoms with Crippen LogP contribution in [0.5, 0.6) is 5.75 Å². The summed E-state index contributed by atoms with van der Waals surface area (Å²) in [5.41, 5.74) is 2.72. The molecule has 0 fully saturated rings. The molecule has 0 bridgehead atoms. The molecule has 0 saturated heterocycles. The van der Waals surface area contributed by atoms with Crippen molar-refractivity contribution in [2.75, 3.05) is 11.9 Å². The molecular weight excluding hydrogens is 324 g/mol. The van der Waals surface area contributed by atoms with Gasteiger partial charge in [-0.05, 0) is 44.0 Å². The molecule has 5 nitrogen and oxygen atoms in total. The van der Waals surface area contributed by atoms with Crippen molar-refractivity contribution in [3.05, 3.63) is 52.6 Å². The fourth-order valence-corrected chi connectivity index (χ4v) is 3.05. The maximum atomic E-state index is 12.1. The number of ether oxygens (including phenoxy) is 1. The monoisotopic (exact) mass is 342 g/mol. The van der Waals surface area contributed by atoms with Crippen molar-refractivity contribution in [1.82, 2.24) is 4.98 Å². The Labute approximate surface area is 144 Å². The number of anilines is 1. The van der Waals surface area contributed by atoms with E-state index in [1.165, 1.54) is 11.3 Å². The maximum Gasteiger partial charge on any atom is 0.264 e. The summed E-state index contributed by atoms with van der Waals surface area (Å²) in [5.74, 6) is 2.02. The number of carbonyl (C=O) groups excluding carboxylic acids is 1. The molecule has 124 valence electrons. The Bertz CT molecular complexity index is 847. The van der Waals surface area contributed by atoms with E-state index in [-0.39, 0.29) is 12.5 Å². The van der Waals surface area contributed by atoms with Crippen LogP contribution in [-0.4, -0.2) is 17.5 Å². The number of benzene rings is 1. The smallest absolute Gasteiger partial charge is 0.264 e. The van der Waals surface area contributed by atoms with E-state index in [4.69, 9.17) is 9.15 Å². The molecule has 2 aromatic heterocycles. The second-order valence-electron chi connectivity index (χ2n) is 5.51. The number of aryl methyl sites for hydroxylation is 3. The minimum Gasteiger partial charge on any atom is -0.483 e. The lowest BCUT2D eigenvalue weighted by Gasteiger charge is -2.11. The Morgan fingerprint density at radius 2 is 1.96 bits per heavy atom. The van der Waals surface area contributed by atoms with Crippen molar-refractivity contribution in [2.24, 2.45) is 0 Å². The Balaban J connectivity index is 1.60. The first kappa shape index (κ1) is 16.3. The molecule has 1 N–H and O–H groups in total. The van der Waals surface area contributed by atoms with Crippen molar-refractivity contribution >= 4 is 22.4 Å². The summed E-state index contributed by atoms with van der Waals surface area (Å²) in [6.45, 7) is 5.74. The van der Waals surface area contributed by atoms with Gasteiger partial charge in [0.2, 0.25) is 0 Å². The Hall–Kier alpha value is -2.60. The fraction of sp³-hybridized carbons (Fsp3) is 0.222. The molecule has 0 unspecified atom stereocenters. The minimum absolute atomic E-state index is 0.0551. The number of carbonyl (C=O) groups is 1. The van der Waals surface area contributed by atoms with Crippen molar-refractivity contribution < 1.29 is 13.9 Å². The summed E-state index contributed by atoms with van der Waals surface area (Å²) in [6.07, 6.45) is 0. The molecule has 24 heavy (non-hydrogen) atoms. The number of rotatable bonds is 5. The standard InChI is InChI=1S/C18H18N2O3S/c1-11-5-4-6-12(2)17(11)22-9-16(21)20-18-19-14(10-24-18)15-8-7-13(3)23-15/h4-8,10H,9H2,1-3H3,(H,19,20,21). The zero-order valence-corrected chi connectivity index (χ0v) is 14.6. The summed E-state index contributed by atoms with van der Waals surface area (Å²) in [7, 11) is 0. The van der Waals surface area contributed by atoms with Crippen LogP contribution >= 0.6 is 11.3 Å². The molecule has 0 aliphatic rings. The minimum atomic E-state index is -0.242. The Kier molecular flexibility index (Phi) is 4.66. The van der Waals surface area contributed by atoms with Crippen LogP contribution in [0.1, 0.15) is 16.9 Å². The lowest BCUT2D eigenvalue weighted by atomic mass is 10.1. The molecule has 0 atom stereocenters. The Morgan fingerprint density at radius 3 is 2.62 bits per heavy atom. The molecule has 0 aliphatic heterocycles. The van der Waals surface area contributed by atoms with E-state index in [1.807, 2.05) is 56.5 Å². The predicted molar refractivity (Wildman–Crippen MR) is 94.6 cm³/mol. The molecule has 1 aromatic carbocycles. The number of hydrogen-bond donors (Lipinski definition) is 1. The molecule has 0 aliphatic carbocycles. The van der Waals surface area contributed by atoms with Gasteiger partial charge in [0, 0.05) is 5.38 Å². The molecule has 0 radical (unpaired) electrons. The second kappa shape index (κ2) is 6.88. The highest BCUT2D eigenvalue weighted by molar-refractivity contribution is 7.14. The van der Waals surface area contributed by atoms with Gasteiger partial charge in [-0.1, -0.05) is 18.2 Å². The van der Waals surface area contributed by atoms with E-state index in [1.54, 1.807) is 0 Å². The molecular formula is C18H18N2O3S. The normalized spacial score (nSPS) is 10.6. The summed E-state index contributed by atoms with van der Waals surface area (Å²) in [6, 6.07) is 9.62. The van der Waals surface area contributed by atoms with E-state index in [0.29, 0.717) is 16.6 Å². The third-order valence-corrected chi connectivity index (χ3v) is 4.26. The number of thiazole rings is 1. The number of furan rings is 1. The highest BCUT2D eigenvalue weighted by Crippen LogP contribution is 2.26. The molecule has 6 heteroatoms. The highest BCUT2D eigenvalue weighted by Gasteiger charge is 2.12. The SMILES string of the molecule is Cc1ccc(-c2csc(NC(=O)COc3c(C)cccc3C)n2)o1. The maximum absolute atomic E-state index is 12.1. The largest absolute Gasteiger partial charge is 0.483 e. The average molecular weight is 342 g/mol. The van der Waals surface area contributed by atoms with Gasteiger partial charge in [0.25, 0.3) is 5.91 Å². The number of hydrogen-bond acceptors (Lipinski definition) is 5. The first-order chi connectivity index (χ1) is 11.5. The number of aromatic nitrogens is 1. The van der Waals surface area contributed by atoms with Gasteiger partial charge in [0.1, 0.15) is 17.2 Å². The van der Waals surface area contributed by atoms with Crippen LogP contribution in [0.15, 0.2) is 40.1 Å². The highest BCUT2D eigenvalue weighted by atomic mass is 32.1. The van der Waals surface area contributed by atoms with Gasteiger partial charge in [-0.2, -0.15) is 0 Å². The quantitative estimate of drug-likeness (QED) is 0.749. The van der Waals surface area contributed by atoms with Crippen LogP contribution in [0, 0.1) is 20.8 Å². The molecule has 3 rings (SSSR count). The van der Waals surface area contributed by atoms with Gasteiger partial charge in [-0.3, -0.25) is 10.1 Å². The van der Waals surface area contributed by atoms with E-state index in [2.05, 4.69) is 10.3 Å². The molecule has 2 heterocycles. The topological polar surface area (TPSA) is 64.4 Å². The summed E-state index contributed by atoms with van der Waals surface area (Å²) in [4.78, 5) is 16.4. The van der Waals surface area contributed by atoms with Crippen molar-refractivity contribution in [3.63, 3.8) is 0 Å². The third-order valence-electron chi connectivity index (χ3n) is 3.50. The molecule has 0 spiro atoms. The van der Waals surface area contributed by atoms with Gasteiger partial charge < -0.3 is 9.15 Å². The van der Waals surface area contributed by atoms with Gasteiger partial charge in [-0.15, -0.1) is 11.3 Å². The lowest BCUT2D eigenvalue weighted by Crippen LogP contribution is -2.20. The van der Waals surface area contributed by atoms with E-state index in [9.17, 15) is 4.79 Å². The van der Waals surface area contributed by atoms with E-state index < -0.39 is 0 Å². The summed E-state index contributed by atoms with van der Waals surface area (Å²) in [5, 5.41) is 5.12. The van der Waals surface area contributed by atoms with Gasteiger partial charge in [0.15, 0.2) is 17.5 Å². The average Bonchev–Trinajstić information content (AvgIpc) is 3.15. The number of amides is 1. The van der Waals surface area contributed by atoms with Crippen molar-refractivity contribution in [1.29, 1.82) is 0 Å². The van der Waals surface area contributed by atoms with Crippen LogP contribution in [0.3, 0.4) is 0 Å². The van der Waals surface area contributed by atoms with Gasteiger partial charge >= 0.3 is 0 Å². The number of nitrogens with one attached hydrogen (secondary N) is 1. The fourth-order valence-electron chi connectivity index (χ4n) is 2.34. The number of para-hydroxylation sites is 1. The molecule has 0 saturated carbocycles. The lowest BCUT2D eigenvalue weighted by molar-refractivity contribution is -0.118. The third kappa shape index (κ3) is 3.65. The van der Waals surface area contributed by atoms with Crippen LogP contribution in [-0.2, 0) is 4.79 Å². The second-order valence-corrected chi connectivity index (χ2v) is 6.36. The Morgan fingerprint density at radius 1 is 1.21 bits per heavy atom. The van der Waals surface area contributed by atoms with Crippen molar-refractivity contribution in [2.45, 2.75) is 20.8 Å². The molecule has 3 aromatic rings. The van der Waals surface area contributed by atoms with Crippen LogP contribution in [0.25, 0.3) is 11.5 Å². The first-order valence-corrected chi connectivity index (χ1v) is 8.42. The zero-order chi connectivity index (χ0) is 17.1. The van der Waals surface area contributed by atoms with Crippen LogP contribution in [0.2, 0.25) is 0 Å². The summed E-state index contributed by atoms with van der Waals surface area (Å²) >= 11 is 1.35. The van der Waals surface area contributed by atoms with Crippen molar-refractivity contribution in [3.8, 4) is 17.2 Å². The molecule has 1 amide bonds. The predicted octanol–water partition coefficient (Wildman–Crippen LogP) is 4.35. The van der Waals surface area contributed by atoms with E-state index >= 15 is 0 Å². The van der Waals surface area contributed by atoms with Crippen LogP contribution in [0.4, 0.5) is 5.13 Å². The zero-order valence-electron chi connectivity index (χ0n) is 13.8. The van der Waals surface area contributed by atoms with E-state index in [0.717, 1.165) is 22.6 Å². The summed E-state index contributed by atoms with van der Waals surface area (Å²) < 4.78 is 11.2.